The van der Waals surface area contributed by atoms with Gasteiger partial charge in [0.15, 0.2) is 0 Å². The second-order valence-electron chi connectivity index (χ2n) is 5.56. The van der Waals surface area contributed by atoms with Gasteiger partial charge in [0, 0.05) is 12.5 Å². The van der Waals surface area contributed by atoms with Crippen LogP contribution in [-0.4, -0.2) is 17.9 Å². The minimum Gasteiger partial charge on any atom is -0.442 e. The molecule has 0 spiro atoms. The van der Waals surface area contributed by atoms with Gasteiger partial charge in [0.25, 0.3) is 0 Å². The zero-order valence-corrected chi connectivity index (χ0v) is 14.2. The Labute approximate surface area is 146 Å². The van der Waals surface area contributed by atoms with E-state index in [-0.39, 0.29) is 0 Å². The van der Waals surface area contributed by atoms with E-state index < -0.39 is 24.0 Å². The lowest BCUT2D eigenvalue weighted by molar-refractivity contribution is -0.165. The predicted octanol–water partition coefficient (Wildman–Crippen LogP) is 3.63. The number of rotatable bonds is 6. The van der Waals surface area contributed by atoms with Crippen LogP contribution in [0.5, 0.6) is 0 Å². The molecule has 2 aromatic rings. The van der Waals surface area contributed by atoms with E-state index in [9.17, 15) is 14.4 Å². The normalized spacial score (nSPS) is 11.4. The third kappa shape index (κ3) is 5.28. The summed E-state index contributed by atoms with van der Waals surface area (Å²) in [7, 11) is 0. The van der Waals surface area contributed by atoms with Crippen molar-refractivity contribution in [1.29, 1.82) is 0 Å². The van der Waals surface area contributed by atoms with Crippen LogP contribution in [0, 0.1) is 0 Å². The van der Waals surface area contributed by atoms with Crippen LogP contribution in [0.1, 0.15) is 47.9 Å². The number of carbonyl (C=O) groups excluding carboxylic acids is 3. The van der Waals surface area contributed by atoms with Gasteiger partial charge in [0.1, 0.15) is 0 Å². The molecule has 0 aliphatic carbocycles. The molecule has 1 atom stereocenters. The summed E-state index contributed by atoms with van der Waals surface area (Å²) in [5, 5.41) is 0. The topological polar surface area (TPSA) is 69.7 Å². The van der Waals surface area contributed by atoms with E-state index >= 15 is 0 Å². The molecule has 0 amide bonds. The van der Waals surface area contributed by atoms with Gasteiger partial charge in [-0.15, -0.1) is 0 Å². The fraction of sp³-hybridized carbons (Fsp3) is 0.250. The van der Waals surface area contributed by atoms with E-state index in [0.29, 0.717) is 11.1 Å². The summed E-state index contributed by atoms with van der Waals surface area (Å²) in [6.45, 7) is 3.20. The van der Waals surface area contributed by atoms with Crippen molar-refractivity contribution in [2.24, 2.45) is 0 Å². The molecular weight excluding hydrogens is 320 g/mol. The highest BCUT2D eigenvalue weighted by molar-refractivity contribution is 5.93. The molecule has 0 fully saturated rings. The van der Waals surface area contributed by atoms with E-state index in [1.165, 1.54) is 0 Å². The van der Waals surface area contributed by atoms with Gasteiger partial charge in [-0.05, 0) is 24.1 Å². The van der Waals surface area contributed by atoms with E-state index in [0.717, 1.165) is 25.3 Å². The number of esters is 3. The number of hydrogen-bond donors (Lipinski definition) is 0. The molecule has 0 aromatic heterocycles. The Bertz CT molecular complexity index is 734. The Morgan fingerprint density at radius 2 is 1.60 bits per heavy atom. The maximum absolute atomic E-state index is 12.4. The number of hydrogen-bond acceptors (Lipinski definition) is 5. The lowest BCUT2D eigenvalue weighted by Gasteiger charge is -2.16. The molecule has 0 aliphatic heterocycles. The molecule has 0 N–H and O–H groups in total. The summed E-state index contributed by atoms with van der Waals surface area (Å²) in [6.07, 6.45) is 0.636. The molecule has 0 bridgehead atoms. The third-order valence-corrected chi connectivity index (χ3v) is 3.51. The van der Waals surface area contributed by atoms with Gasteiger partial charge >= 0.3 is 17.9 Å². The van der Waals surface area contributed by atoms with Gasteiger partial charge in [0.05, 0.1) is 5.56 Å². The largest absolute Gasteiger partial charge is 0.442 e. The molecule has 5 heteroatoms. The van der Waals surface area contributed by atoms with Crippen molar-refractivity contribution in [2.75, 3.05) is 0 Å². The molecular formula is C20H20O5. The highest BCUT2D eigenvalue weighted by Gasteiger charge is 2.28. The Morgan fingerprint density at radius 3 is 2.16 bits per heavy atom. The predicted molar refractivity (Wildman–Crippen MR) is 91.8 cm³/mol. The first-order valence-electron chi connectivity index (χ1n) is 8.08. The standard InChI is InChI=1S/C20H20O5/c1-3-7-15-10-12-17(13-11-15)19(22)25-18(20(23)24-14(2)21)16-8-5-4-6-9-16/h4-6,8-13,18H,3,7H2,1-2H3. The molecule has 0 aliphatic rings. The molecule has 130 valence electrons. The summed E-state index contributed by atoms with van der Waals surface area (Å²) < 4.78 is 9.92. The number of aryl methyl sites for hydroxylation is 1. The highest BCUT2D eigenvalue weighted by Crippen LogP contribution is 2.21. The van der Waals surface area contributed by atoms with Gasteiger partial charge in [-0.1, -0.05) is 55.8 Å². The maximum Gasteiger partial charge on any atom is 0.359 e. The average molecular weight is 340 g/mol. The number of ether oxygens (including phenoxy) is 2. The van der Waals surface area contributed by atoms with Crippen LogP contribution in [0.3, 0.4) is 0 Å². The SMILES string of the molecule is CCCc1ccc(C(=O)OC(C(=O)OC(C)=O)c2ccccc2)cc1. The zero-order valence-electron chi connectivity index (χ0n) is 14.2. The lowest BCUT2D eigenvalue weighted by atomic mass is 10.1. The van der Waals surface area contributed by atoms with Crippen LogP contribution in [0.4, 0.5) is 0 Å². The molecule has 0 saturated carbocycles. The minimum atomic E-state index is -1.30. The quantitative estimate of drug-likeness (QED) is 0.593. The summed E-state index contributed by atoms with van der Waals surface area (Å²) in [5.74, 6) is -2.34. The monoisotopic (exact) mass is 340 g/mol. The van der Waals surface area contributed by atoms with Crippen molar-refractivity contribution < 1.29 is 23.9 Å². The van der Waals surface area contributed by atoms with Crippen molar-refractivity contribution in [3.8, 4) is 0 Å². The fourth-order valence-electron chi connectivity index (χ4n) is 2.35. The second kappa shape index (κ2) is 8.78. The first kappa shape index (κ1) is 18.4. The maximum atomic E-state index is 12.4. The van der Waals surface area contributed by atoms with Crippen LogP contribution in [0.25, 0.3) is 0 Å². The van der Waals surface area contributed by atoms with Crippen LogP contribution in [-0.2, 0) is 25.5 Å². The number of carbonyl (C=O) groups is 3. The van der Waals surface area contributed by atoms with Crippen LogP contribution < -0.4 is 0 Å². The van der Waals surface area contributed by atoms with Gasteiger partial charge < -0.3 is 9.47 Å². The Balaban J connectivity index is 2.19. The summed E-state index contributed by atoms with van der Waals surface area (Å²) >= 11 is 0. The van der Waals surface area contributed by atoms with E-state index in [1.54, 1.807) is 42.5 Å². The number of benzene rings is 2. The smallest absolute Gasteiger partial charge is 0.359 e. The van der Waals surface area contributed by atoms with Gasteiger partial charge in [-0.2, -0.15) is 0 Å². The van der Waals surface area contributed by atoms with Crippen molar-refractivity contribution in [2.45, 2.75) is 32.8 Å². The van der Waals surface area contributed by atoms with Crippen LogP contribution in [0.2, 0.25) is 0 Å². The van der Waals surface area contributed by atoms with Gasteiger partial charge in [0.2, 0.25) is 6.10 Å². The fourth-order valence-corrected chi connectivity index (χ4v) is 2.35. The summed E-state index contributed by atoms with van der Waals surface area (Å²) in [6, 6.07) is 15.5. The second-order valence-corrected chi connectivity index (χ2v) is 5.56. The molecule has 2 aromatic carbocycles. The Kier molecular flexibility index (Phi) is 6.46. The molecule has 25 heavy (non-hydrogen) atoms. The average Bonchev–Trinajstić information content (AvgIpc) is 2.60. The van der Waals surface area contributed by atoms with Crippen molar-refractivity contribution in [3.63, 3.8) is 0 Å². The van der Waals surface area contributed by atoms with Crippen LogP contribution >= 0.6 is 0 Å². The third-order valence-electron chi connectivity index (χ3n) is 3.51. The van der Waals surface area contributed by atoms with Crippen molar-refractivity contribution in [3.05, 3.63) is 71.3 Å². The van der Waals surface area contributed by atoms with E-state index in [2.05, 4.69) is 11.7 Å². The molecule has 0 heterocycles. The Hall–Kier alpha value is -2.95. The van der Waals surface area contributed by atoms with Gasteiger partial charge in [-0.3, -0.25) is 4.79 Å². The summed E-state index contributed by atoms with van der Waals surface area (Å²) in [4.78, 5) is 35.6. The lowest BCUT2D eigenvalue weighted by Crippen LogP contribution is -2.23. The minimum absolute atomic E-state index is 0.330. The van der Waals surface area contributed by atoms with Crippen molar-refractivity contribution in [1.82, 2.24) is 0 Å². The van der Waals surface area contributed by atoms with Crippen molar-refractivity contribution >= 4 is 17.9 Å². The first-order valence-corrected chi connectivity index (χ1v) is 8.08. The van der Waals surface area contributed by atoms with E-state index in [1.807, 2.05) is 12.1 Å². The zero-order chi connectivity index (χ0) is 18.2. The highest BCUT2D eigenvalue weighted by atomic mass is 16.6. The molecule has 0 radical (unpaired) electrons. The van der Waals surface area contributed by atoms with Crippen LogP contribution in [0.15, 0.2) is 54.6 Å². The van der Waals surface area contributed by atoms with E-state index in [4.69, 9.17) is 4.74 Å². The summed E-state index contributed by atoms with van der Waals surface area (Å²) in [5.41, 5.74) is 1.88. The molecule has 2 rings (SSSR count). The molecule has 5 nitrogen and oxygen atoms in total. The van der Waals surface area contributed by atoms with Gasteiger partial charge in [-0.25, -0.2) is 9.59 Å². The molecule has 1 unspecified atom stereocenters. The Morgan fingerprint density at radius 1 is 0.960 bits per heavy atom. The first-order chi connectivity index (χ1) is 12.0. The molecule has 0 saturated heterocycles.